The van der Waals surface area contributed by atoms with Gasteiger partial charge in [0.25, 0.3) is 5.91 Å². The van der Waals surface area contributed by atoms with Crippen molar-refractivity contribution >= 4 is 29.1 Å². The van der Waals surface area contributed by atoms with Crippen LogP contribution in [0.5, 0.6) is 0 Å². The van der Waals surface area contributed by atoms with E-state index in [1.807, 2.05) is 75.4 Å². The van der Waals surface area contributed by atoms with Crippen molar-refractivity contribution < 1.29 is 14.4 Å². The molecule has 1 heterocycles. The third-order valence-corrected chi connectivity index (χ3v) is 6.96. The minimum Gasteiger partial charge on any atom is -0.351 e. The molecule has 0 aromatic heterocycles. The summed E-state index contributed by atoms with van der Waals surface area (Å²) in [7, 11) is 0. The van der Waals surface area contributed by atoms with Gasteiger partial charge in [-0.3, -0.25) is 14.4 Å². The highest BCUT2D eigenvalue weighted by atomic mass is 16.2. The van der Waals surface area contributed by atoms with Crippen molar-refractivity contribution in [1.29, 1.82) is 0 Å². The Morgan fingerprint density at radius 3 is 2.45 bits per heavy atom. The summed E-state index contributed by atoms with van der Waals surface area (Å²) in [5.74, 6) is -0.555. The van der Waals surface area contributed by atoms with Crippen LogP contribution >= 0.6 is 0 Å². The van der Waals surface area contributed by atoms with Gasteiger partial charge in [-0.1, -0.05) is 74.0 Å². The van der Waals surface area contributed by atoms with Gasteiger partial charge >= 0.3 is 0 Å². The Labute approximate surface area is 224 Å². The average molecular weight is 513 g/mol. The molecule has 0 saturated carbocycles. The number of nitrogens with two attached hydrogens (primary N) is 1. The molecule has 1 aliphatic rings. The first-order valence-electron chi connectivity index (χ1n) is 13.0. The molecule has 0 bridgehead atoms. The monoisotopic (exact) mass is 512 g/mol. The van der Waals surface area contributed by atoms with Gasteiger partial charge in [-0.05, 0) is 54.6 Å². The lowest BCUT2D eigenvalue weighted by molar-refractivity contribution is -0.119. The van der Waals surface area contributed by atoms with Gasteiger partial charge < -0.3 is 21.3 Å². The van der Waals surface area contributed by atoms with Crippen molar-refractivity contribution in [3.8, 4) is 0 Å². The van der Waals surface area contributed by atoms with Crippen LogP contribution in [0.1, 0.15) is 59.8 Å². The largest absolute Gasteiger partial charge is 0.351 e. The van der Waals surface area contributed by atoms with Crippen molar-refractivity contribution in [2.45, 2.75) is 46.1 Å². The summed E-state index contributed by atoms with van der Waals surface area (Å²) in [6.07, 6.45) is 0.988. The highest BCUT2D eigenvalue weighted by Gasteiger charge is 2.34. The summed E-state index contributed by atoms with van der Waals surface area (Å²) in [5.41, 5.74) is 10.1. The Morgan fingerprint density at radius 1 is 1.05 bits per heavy atom. The summed E-state index contributed by atoms with van der Waals surface area (Å²) in [6.45, 7) is 6.82. The van der Waals surface area contributed by atoms with Gasteiger partial charge in [0.05, 0.1) is 23.8 Å². The van der Waals surface area contributed by atoms with Crippen LogP contribution in [0.15, 0.2) is 72.8 Å². The molecule has 38 heavy (non-hydrogen) atoms. The molecule has 1 aliphatic heterocycles. The van der Waals surface area contributed by atoms with Gasteiger partial charge in [-0.2, -0.15) is 0 Å². The first-order chi connectivity index (χ1) is 18.2. The Hall–Kier alpha value is -3.97. The minimum absolute atomic E-state index is 0.0842. The smallest absolute Gasteiger partial charge is 0.251 e. The number of carbonyl (C=O) groups excluding carboxylic acids is 3. The maximum absolute atomic E-state index is 13.8. The molecule has 0 radical (unpaired) electrons. The second kappa shape index (κ2) is 11.6. The minimum atomic E-state index is -0.467. The Morgan fingerprint density at radius 2 is 1.76 bits per heavy atom. The molecule has 198 valence electrons. The number of fused-ring (bicyclic) bond motifs is 1. The molecular formula is C31H36N4O3. The molecule has 7 heteroatoms. The van der Waals surface area contributed by atoms with E-state index >= 15 is 0 Å². The van der Waals surface area contributed by atoms with E-state index in [2.05, 4.69) is 10.6 Å². The number of amides is 3. The molecule has 4 N–H and O–H groups in total. The number of nitrogens with one attached hydrogen (secondary N) is 2. The summed E-state index contributed by atoms with van der Waals surface area (Å²) < 4.78 is 0. The molecule has 7 nitrogen and oxygen atoms in total. The lowest BCUT2D eigenvalue weighted by Crippen LogP contribution is -2.38. The predicted octanol–water partition coefficient (Wildman–Crippen LogP) is 4.76. The van der Waals surface area contributed by atoms with Crippen LogP contribution in [-0.2, 0) is 16.0 Å². The van der Waals surface area contributed by atoms with Crippen molar-refractivity contribution in [2.75, 3.05) is 23.3 Å². The standard InChI is InChI=1S/C31H36N4O3/c1-21-9-12-23(13-10-21)27-18-28(36)34-25-17-24(30(38)33-20-31(2,3)19-32)14-15-26(25)35(27)29(37)16-11-22-7-5-4-6-8-22/h4-10,12-15,17,27H,11,16,18-20,32H2,1-3H3,(H,33,38)(H,34,36). The second-order valence-electron chi connectivity index (χ2n) is 10.7. The fourth-order valence-electron chi connectivity index (χ4n) is 4.50. The number of hydrogen-bond donors (Lipinski definition) is 3. The normalized spacial score (nSPS) is 15.3. The van der Waals surface area contributed by atoms with E-state index in [0.29, 0.717) is 36.4 Å². The lowest BCUT2D eigenvalue weighted by atomic mass is 9.94. The highest BCUT2D eigenvalue weighted by Crippen LogP contribution is 2.39. The van der Waals surface area contributed by atoms with Crippen molar-refractivity contribution in [3.05, 3.63) is 95.1 Å². The zero-order valence-corrected chi connectivity index (χ0v) is 22.3. The zero-order valence-electron chi connectivity index (χ0n) is 22.3. The molecular weight excluding hydrogens is 476 g/mol. The molecule has 0 spiro atoms. The molecule has 3 amide bonds. The fraction of sp³-hybridized carbons (Fsp3) is 0.323. The quantitative estimate of drug-likeness (QED) is 0.405. The third kappa shape index (κ3) is 6.47. The second-order valence-corrected chi connectivity index (χ2v) is 10.7. The SMILES string of the molecule is Cc1ccc(C2CC(=O)Nc3cc(C(=O)NCC(C)(C)CN)ccc3N2C(=O)CCc2ccccc2)cc1. The van der Waals surface area contributed by atoms with Crippen LogP contribution in [0.4, 0.5) is 11.4 Å². The van der Waals surface area contributed by atoms with Crippen LogP contribution in [0.2, 0.25) is 0 Å². The number of nitrogens with zero attached hydrogens (tertiary/aromatic N) is 1. The summed E-state index contributed by atoms with van der Waals surface area (Å²) >= 11 is 0. The number of benzene rings is 3. The number of anilines is 2. The van der Waals surface area contributed by atoms with Gasteiger partial charge in [0.1, 0.15) is 0 Å². The number of carbonyl (C=O) groups is 3. The fourth-order valence-corrected chi connectivity index (χ4v) is 4.50. The van der Waals surface area contributed by atoms with Crippen LogP contribution in [-0.4, -0.2) is 30.8 Å². The van der Waals surface area contributed by atoms with E-state index in [0.717, 1.165) is 16.7 Å². The molecule has 4 rings (SSSR count). The maximum Gasteiger partial charge on any atom is 0.251 e. The van der Waals surface area contributed by atoms with Gasteiger partial charge in [-0.25, -0.2) is 0 Å². The van der Waals surface area contributed by atoms with E-state index in [1.54, 1.807) is 23.1 Å². The molecule has 3 aromatic rings. The van der Waals surface area contributed by atoms with E-state index in [-0.39, 0.29) is 36.0 Å². The van der Waals surface area contributed by atoms with Gasteiger partial charge in [0, 0.05) is 18.5 Å². The first kappa shape index (κ1) is 27.1. The number of aryl methyl sites for hydroxylation is 2. The zero-order chi connectivity index (χ0) is 27.3. The predicted molar refractivity (Wildman–Crippen MR) is 151 cm³/mol. The number of hydrogen-bond acceptors (Lipinski definition) is 4. The molecule has 1 unspecified atom stereocenters. The molecule has 0 fully saturated rings. The van der Waals surface area contributed by atoms with E-state index < -0.39 is 6.04 Å². The summed E-state index contributed by atoms with van der Waals surface area (Å²) in [5, 5.41) is 5.86. The Balaban J connectivity index is 1.68. The number of rotatable bonds is 8. The van der Waals surface area contributed by atoms with Crippen LogP contribution < -0.4 is 21.3 Å². The van der Waals surface area contributed by atoms with Gasteiger partial charge in [0.2, 0.25) is 11.8 Å². The summed E-state index contributed by atoms with van der Waals surface area (Å²) in [4.78, 5) is 41.5. The van der Waals surface area contributed by atoms with E-state index in [1.165, 1.54) is 0 Å². The van der Waals surface area contributed by atoms with Crippen LogP contribution in [0, 0.1) is 12.3 Å². The Bertz CT molecular complexity index is 1300. The Kier molecular flexibility index (Phi) is 8.27. The van der Waals surface area contributed by atoms with E-state index in [9.17, 15) is 14.4 Å². The van der Waals surface area contributed by atoms with E-state index in [4.69, 9.17) is 5.73 Å². The molecule has 1 atom stereocenters. The van der Waals surface area contributed by atoms with Gasteiger partial charge in [0.15, 0.2) is 0 Å². The third-order valence-electron chi connectivity index (χ3n) is 6.96. The molecule has 0 saturated heterocycles. The lowest BCUT2D eigenvalue weighted by Gasteiger charge is -2.31. The van der Waals surface area contributed by atoms with Crippen molar-refractivity contribution in [1.82, 2.24) is 5.32 Å². The topological polar surface area (TPSA) is 105 Å². The molecule has 3 aromatic carbocycles. The summed E-state index contributed by atoms with van der Waals surface area (Å²) in [6, 6.07) is 22.4. The van der Waals surface area contributed by atoms with Crippen LogP contribution in [0.25, 0.3) is 0 Å². The van der Waals surface area contributed by atoms with Crippen LogP contribution in [0.3, 0.4) is 0 Å². The van der Waals surface area contributed by atoms with Crippen molar-refractivity contribution in [3.63, 3.8) is 0 Å². The average Bonchev–Trinajstić information content (AvgIpc) is 3.06. The highest BCUT2D eigenvalue weighted by molar-refractivity contribution is 6.06. The molecule has 0 aliphatic carbocycles. The maximum atomic E-state index is 13.8. The van der Waals surface area contributed by atoms with Gasteiger partial charge in [-0.15, -0.1) is 0 Å². The van der Waals surface area contributed by atoms with Crippen molar-refractivity contribution in [2.24, 2.45) is 11.1 Å². The first-order valence-corrected chi connectivity index (χ1v) is 13.0.